The van der Waals surface area contributed by atoms with Crippen molar-refractivity contribution in [1.82, 2.24) is 30.5 Å². The quantitative estimate of drug-likeness (QED) is 0.416. The minimum Gasteiger partial charge on any atom is -0.304 e. The van der Waals surface area contributed by atoms with Crippen LogP contribution in [0.2, 0.25) is 0 Å². The van der Waals surface area contributed by atoms with Gasteiger partial charge in [-0.3, -0.25) is 4.98 Å². The van der Waals surface area contributed by atoms with Crippen LogP contribution in [0, 0.1) is 0 Å². The summed E-state index contributed by atoms with van der Waals surface area (Å²) in [7, 11) is -6.70. The first-order valence-corrected chi connectivity index (χ1v) is 13.0. The van der Waals surface area contributed by atoms with Gasteiger partial charge in [0.1, 0.15) is 4.90 Å². The SMILES string of the molecule is CN1CC(S(=O)(=O)c2ccc(-c3ccc4ccncc4c3)c(-c3nnn[nH]3)c2S(N)(=O)=O)C1. The van der Waals surface area contributed by atoms with Crippen LogP contribution in [-0.2, 0) is 19.9 Å². The highest BCUT2D eigenvalue weighted by Gasteiger charge is 2.40. The number of pyridine rings is 1. The maximum Gasteiger partial charge on any atom is 0.240 e. The Morgan fingerprint density at radius 2 is 1.85 bits per heavy atom. The zero-order valence-corrected chi connectivity index (χ0v) is 19.0. The van der Waals surface area contributed by atoms with Crippen LogP contribution in [0.15, 0.2) is 58.6 Å². The van der Waals surface area contributed by atoms with Crippen LogP contribution in [-0.4, -0.2) is 72.7 Å². The molecular formula is C20H19N7O4S2. The van der Waals surface area contributed by atoms with Crippen molar-refractivity contribution in [3.8, 4) is 22.5 Å². The smallest absolute Gasteiger partial charge is 0.240 e. The van der Waals surface area contributed by atoms with Crippen LogP contribution in [0.1, 0.15) is 0 Å². The summed E-state index contributed by atoms with van der Waals surface area (Å²) in [5.74, 6) is -0.0110. The van der Waals surface area contributed by atoms with Gasteiger partial charge >= 0.3 is 0 Å². The summed E-state index contributed by atoms with van der Waals surface area (Å²) < 4.78 is 52.3. The van der Waals surface area contributed by atoms with Gasteiger partial charge in [-0.25, -0.2) is 27.1 Å². The highest BCUT2D eigenvalue weighted by molar-refractivity contribution is 7.94. The molecule has 13 heteroatoms. The number of aromatic amines is 1. The lowest BCUT2D eigenvalue weighted by molar-refractivity contribution is 0.231. The maximum atomic E-state index is 13.4. The summed E-state index contributed by atoms with van der Waals surface area (Å²) >= 11 is 0. The van der Waals surface area contributed by atoms with E-state index in [0.29, 0.717) is 24.2 Å². The molecule has 1 aliphatic heterocycles. The number of hydrogen-bond donors (Lipinski definition) is 2. The highest BCUT2D eigenvalue weighted by Crippen LogP contribution is 2.40. The fourth-order valence-corrected chi connectivity index (χ4v) is 7.50. The zero-order chi connectivity index (χ0) is 23.4. The fourth-order valence-electron chi connectivity index (χ4n) is 4.08. The van der Waals surface area contributed by atoms with Crippen molar-refractivity contribution in [3.05, 3.63) is 48.8 Å². The molecule has 1 saturated heterocycles. The molecule has 2 aromatic heterocycles. The summed E-state index contributed by atoms with van der Waals surface area (Å²) in [5.41, 5.74) is 1.03. The molecule has 3 heterocycles. The number of sulfone groups is 1. The molecule has 1 fully saturated rings. The molecule has 4 aromatic rings. The standard InChI is InChI=1S/C20H19N7O4S2/c1-27-10-15(11-27)32(28,29)17-5-4-16(13-3-2-12-6-7-22-9-14(12)8-13)18(19(17)33(21,30)31)20-23-25-26-24-20/h2-9,15H,10-11H2,1H3,(H2,21,30,31)(H,23,24,25,26). The number of rotatable bonds is 5. The van der Waals surface area contributed by atoms with Gasteiger partial charge in [0.25, 0.3) is 0 Å². The third-order valence-electron chi connectivity index (χ3n) is 5.72. The van der Waals surface area contributed by atoms with E-state index in [9.17, 15) is 16.8 Å². The summed E-state index contributed by atoms with van der Waals surface area (Å²) in [6.45, 7) is 0.593. The second-order valence-corrected chi connectivity index (χ2v) is 11.6. The van der Waals surface area contributed by atoms with Crippen molar-refractivity contribution >= 4 is 30.6 Å². The zero-order valence-electron chi connectivity index (χ0n) is 17.4. The first kappa shape index (κ1) is 21.6. The Hall–Kier alpha value is -3.26. The third-order valence-corrected chi connectivity index (χ3v) is 8.97. The van der Waals surface area contributed by atoms with Crippen molar-refractivity contribution < 1.29 is 16.8 Å². The lowest BCUT2D eigenvalue weighted by Crippen LogP contribution is -2.52. The van der Waals surface area contributed by atoms with E-state index in [1.165, 1.54) is 6.07 Å². The Bertz CT molecular complexity index is 1580. The molecule has 3 N–H and O–H groups in total. The van der Waals surface area contributed by atoms with Gasteiger partial charge in [-0.15, -0.1) is 5.10 Å². The minimum absolute atomic E-state index is 0.000469. The predicted octanol–water partition coefficient (Wildman–Crippen LogP) is 0.817. The largest absolute Gasteiger partial charge is 0.304 e. The van der Waals surface area contributed by atoms with Crippen LogP contribution < -0.4 is 5.14 Å². The van der Waals surface area contributed by atoms with Crippen LogP contribution in [0.5, 0.6) is 0 Å². The molecule has 0 bridgehead atoms. The second-order valence-electron chi connectivity index (χ2n) is 7.94. The second kappa shape index (κ2) is 7.66. The lowest BCUT2D eigenvalue weighted by Gasteiger charge is -2.35. The molecule has 0 atom stereocenters. The average Bonchev–Trinajstić information content (AvgIpc) is 3.29. The molecule has 0 radical (unpaired) electrons. The van der Waals surface area contributed by atoms with Crippen molar-refractivity contribution in [1.29, 1.82) is 0 Å². The number of tetrazole rings is 1. The van der Waals surface area contributed by atoms with E-state index in [0.717, 1.165) is 10.8 Å². The molecule has 0 spiro atoms. The van der Waals surface area contributed by atoms with Gasteiger partial charge in [-0.2, -0.15) is 0 Å². The Balaban J connectivity index is 1.83. The summed E-state index contributed by atoms with van der Waals surface area (Å²) in [6, 6.07) is 10.2. The van der Waals surface area contributed by atoms with Crippen molar-refractivity contribution in [2.24, 2.45) is 5.14 Å². The highest BCUT2D eigenvalue weighted by atomic mass is 32.2. The monoisotopic (exact) mass is 485 g/mol. The fraction of sp³-hybridized carbons (Fsp3) is 0.200. The van der Waals surface area contributed by atoms with Crippen LogP contribution >= 0.6 is 0 Å². The Morgan fingerprint density at radius 1 is 1.06 bits per heavy atom. The molecule has 1 aliphatic rings. The molecule has 11 nitrogen and oxygen atoms in total. The number of aromatic nitrogens is 5. The Kier molecular flexibility index (Phi) is 5.01. The van der Waals surface area contributed by atoms with Gasteiger partial charge in [0.2, 0.25) is 10.0 Å². The topological polar surface area (TPSA) is 165 Å². The Morgan fingerprint density at radius 3 is 2.52 bits per heavy atom. The number of fused-ring (bicyclic) bond motifs is 1. The van der Waals surface area contributed by atoms with Crippen LogP contribution in [0.25, 0.3) is 33.3 Å². The number of H-pyrrole nitrogens is 1. The summed E-state index contributed by atoms with van der Waals surface area (Å²) in [5, 5.41) is 20.1. The summed E-state index contributed by atoms with van der Waals surface area (Å²) in [6.07, 6.45) is 3.35. The number of nitrogens with two attached hydrogens (primary N) is 1. The minimum atomic E-state index is -4.50. The van der Waals surface area contributed by atoms with E-state index in [2.05, 4.69) is 25.6 Å². The predicted molar refractivity (Wildman–Crippen MR) is 120 cm³/mol. The number of primary sulfonamides is 1. The van der Waals surface area contributed by atoms with Crippen LogP contribution in [0.3, 0.4) is 0 Å². The molecule has 0 unspecified atom stereocenters. The number of nitrogens with one attached hydrogen (secondary N) is 1. The van der Waals surface area contributed by atoms with E-state index in [-0.39, 0.29) is 16.3 Å². The van der Waals surface area contributed by atoms with Gasteiger partial charge in [0.15, 0.2) is 15.7 Å². The molecule has 0 saturated carbocycles. The molecule has 2 aromatic carbocycles. The van der Waals surface area contributed by atoms with Crippen molar-refractivity contribution in [3.63, 3.8) is 0 Å². The molecule has 5 rings (SSSR count). The van der Waals surface area contributed by atoms with Gasteiger partial charge in [0, 0.05) is 36.4 Å². The van der Waals surface area contributed by atoms with Crippen molar-refractivity contribution in [2.75, 3.05) is 20.1 Å². The normalized spacial score (nSPS) is 15.6. The first-order chi connectivity index (χ1) is 15.7. The van der Waals surface area contributed by atoms with Gasteiger partial charge < -0.3 is 4.90 Å². The number of nitrogens with zero attached hydrogens (tertiary/aromatic N) is 5. The first-order valence-electron chi connectivity index (χ1n) is 9.87. The van der Waals surface area contributed by atoms with Gasteiger partial charge in [0.05, 0.1) is 10.1 Å². The van der Waals surface area contributed by atoms with E-state index in [4.69, 9.17) is 5.14 Å². The van der Waals surface area contributed by atoms with E-state index in [1.807, 2.05) is 23.1 Å². The third kappa shape index (κ3) is 3.68. The molecule has 170 valence electrons. The summed E-state index contributed by atoms with van der Waals surface area (Å²) in [4.78, 5) is 5.07. The van der Waals surface area contributed by atoms with Crippen molar-refractivity contribution in [2.45, 2.75) is 15.0 Å². The van der Waals surface area contributed by atoms with E-state index < -0.39 is 30.0 Å². The number of benzene rings is 2. The molecule has 0 aliphatic carbocycles. The van der Waals surface area contributed by atoms with E-state index in [1.54, 1.807) is 31.6 Å². The molecule has 33 heavy (non-hydrogen) atoms. The number of likely N-dealkylation sites (tertiary alicyclic amines) is 1. The van der Waals surface area contributed by atoms with Gasteiger partial charge in [-0.05, 0) is 52.2 Å². The van der Waals surface area contributed by atoms with Gasteiger partial charge in [-0.1, -0.05) is 18.2 Å². The number of hydrogen-bond acceptors (Lipinski definition) is 9. The number of sulfonamides is 1. The maximum absolute atomic E-state index is 13.4. The Labute approximate surface area is 189 Å². The lowest BCUT2D eigenvalue weighted by atomic mass is 9.97. The molecular weight excluding hydrogens is 466 g/mol. The van der Waals surface area contributed by atoms with E-state index >= 15 is 0 Å². The molecule has 0 amide bonds. The van der Waals surface area contributed by atoms with Crippen LogP contribution in [0.4, 0.5) is 0 Å². The average molecular weight is 486 g/mol.